The second kappa shape index (κ2) is 6.71. The Morgan fingerprint density at radius 1 is 1.23 bits per heavy atom. The molecule has 1 aliphatic carbocycles. The zero-order valence-electron chi connectivity index (χ0n) is 16.2. The van der Waals surface area contributed by atoms with Crippen LogP contribution in [0, 0.1) is 13.8 Å². The van der Waals surface area contributed by atoms with E-state index in [-0.39, 0.29) is 17.6 Å². The zero-order chi connectivity index (χ0) is 18.5. The maximum absolute atomic E-state index is 11.3. The molecule has 1 saturated heterocycles. The van der Waals surface area contributed by atoms with E-state index in [1.54, 1.807) is 0 Å². The summed E-state index contributed by atoms with van der Waals surface area (Å²) in [6.45, 7) is 7.24. The molecule has 26 heavy (non-hydrogen) atoms. The molecule has 4 rings (SSSR count). The Morgan fingerprint density at radius 3 is 2.54 bits per heavy atom. The minimum absolute atomic E-state index is 0.0965. The van der Waals surface area contributed by atoms with E-state index in [4.69, 9.17) is 0 Å². The molecule has 0 bridgehead atoms. The van der Waals surface area contributed by atoms with Crippen LogP contribution in [0.5, 0.6) is 0 Å². The SMILES string of the molecule is Cc1nc(C)c(CN2CCC3(CC2)c2ccccc2[C@H](N(C)C)[C@H]3O)s1. The van der Waals surface area contributed by atoms with E-state index < -0.39 is 0 Å². The number of piperidine rings is 1. The summed E-state index contributed by atoms with van der Waals surface area (Å²) in [7, 11) is 4.15. The molecular weight excluding hydrogens is 342 g/mol. The van der Waals surface area contributed by atoms with Gasteiger partial charge in [-0.1, -0.05) is 24.3 Å². The Morgan fingerprint density at radius 2 is 1.92 bits per heavy atom. The van der Waals surface area contributed by atoms with Crippen LogP contribution in [0.4, 0.5) is 0 Å². The maximum atomic E-state index is 11.3. The molecule has 4 nitrogen and oxygen atoms in total. The first-order valence-corrected chi connectivity index (χ1v) is 10.3. The number of hydrogen-bond donors (Lipinski definition) is 1. The van der Waals surface area contributed by atoms with Crippen LogP contribution in [-0.2, 0) is 12.0 Å². The van der Waals surface area contributed by atoms with Crippen LogP contribution in [-0.4, -0.2) is 53.2 Å². The Kier molecular flexibility index (Phi) is 4.68. The quantitative estimate of drug-likeness (QED) is 0.899. The summed E-state index contributed by atoms with van der Waals surface area (Å²) in [6.07, 6.45) is 1.71. The number of aromatic nitrogens is 1. The van der Waals surface area contributed by atoms with Crippen LogP contribution in [0.1, 0.15) is 45.6 Å². The van der Waals surface area contributed by atoms with E-state index in [0.717, 1.165) is 37.5 Å². The van der Waals surface area contributed by atoms with Crippen molar-refractivity contribution in [2.75, 3.05) is 27.2 Å². The molecule has 1 aliphatic heterocycles. The molecule has 1 spiro atoms. The van der Waals surface area contributed by atoms with Gasteiger partial charge >= 0.3 is 0 Å². The van der Waals surface area contributed by atoms with Crippen LogP contribution >= 0.6 is 11.3 Å². The van der Waals surface area contributed by atoms with Gasteiger partial charge in [-0.05, 0) is 65.0 Å². The molecule has 0 amide bonds. The molecular formula is C21H29N3OS. The number of rotatable bonds is 3. The molecule has 2 atom stereocenters. The number of thiazole rings is 1. The van der Waals surface area contributed by atoms with Crippen molar-refractivity contribution in [2.24, 2.45) is 0 Å². The van der Waals surface area contributed by atoms with Gasteiger partial charge in [0.05, 0.1) is 22.8 Å². The summed E-state index contributed by atoms with van der Waals surface area (Å²) in [5.74, 6) is 0. The van der Waals surface area contributed by atoms with Gasteiger partial charge in [0, 0.05) is 16.8 Å². The number of likely N-dealkylation sites (tertiary alicyclic amines) is 1. The summed E-state index contributed by atoms with van der Waals surface area (Å²) in [6, 6.07) is 8.78. The predicted molar refractivity (Wildman–Crippen MR) is 107 cm³/mol. The second-order valence-corrected chi connectivity index (χ2v) is 9.40. The van der Waals surface area contributed by atoms with Crippen LogP contribution in [0.15, 0.2) is 24.3 Å². The van der Waals surface area contributed by atoms with Gasteiger partial charge in [0.1, 0.15) is 0 Å². The molecule has 0 radical (unpaired) electrons. The van der Waals surface area contributed by atoms with Gasteiger partial charge in [0.2, 0.25) is 0 Å². The van der Waals surface area contributed by atoms with Crippen LogP contribution in [0.25, 0.3) is 0 Å². The van der Waals surface area contributed by atoms with Crippen molar-refractivity contribution >= 4 is 11.3 Å². The number of aliphatic hydroxyl groups is 1. The van der Waals surface area contributed by atoms with Gasteiger partial charge in [0.15, 0.2) is 0 Å². The van der Waals surface area contributed by atoms with Crippen molar-refractivity contribution in [3.8, 4) is 0 Å². The minimum Gasteiger partial charge on any atom is -0.390 e. The lowest BCUT2D eigenvalue weighted by Gasteiger charge is -2.43. The molecule has 2 aliphatic rings. The molecule has 1 fully saturated rings. The molecule has 0 unspecified atom stereocenters. The smallest absolute Gasteiger partial charge is 0.0900 e. The molecule has 5 heteroatoms. The first-order chi connectivity index (χ1) is 12.4. The highest BCUT2D eigenvalue weighted by atomic mass is 32.1. The number of likely N-dealkylation sites (N-methyl/N-ethyl adjacent to an activating group) is 1. The number of aliphatic hydroxyl groups excluding tert-OH is 1. The summed E-state index contributed by atoms with van der Waals surface area (Å²) < 4.78 is 0. The lowest BCUT2D eigenvalue weighted by Crippen LogP contribution is -2.48. The van der Waals surface area contributed by atoms with E-state index in [1.165, 1.54) is 21.7 Å². The molecule has 1 aromatic carbocycles. The van der Waals surface area contributed by atoms with E-state index >= 15 is 0 Å². The highest BCUT2D eigenvalue weighted by Crippen LogP contribution is 2.52. The van der Waals surface area contributed by atoms with E-state index in [0.29, 0.717) is 0 Å². The first-order valence-electron chi connectivity index (χ1n) is 9.51. The van der Waals surface area contributed by atoms with Crippen LogP contribution < -0.4 is 0 Å². The third-order valence-electron chi connectivity index (χ3n) is 6.35. The Labute approximate surface area is 160 Å². The highest BCUT2D eigenvalue weighted by Gasteiger charge is 2.53. The summed E-state index contributed by atoms with van der Waals surface area (Å²) in [5.41, 5.74) is 3.76. The summed E-state index contributed by atoms with van der Waals surface area (Å²) in [4.78, 5) is 10.7. The Bertz CT molecular complexity index is 792. The minimum atomic E-state index is -0.329. The van der Waals surface area contributed by atoms with Crippen molar-refractivity contribution in [1.82, 2.24) is 14.8 Å². The van der Waals surface area contributed by atoms with Gasteiger partial charge in [-0.25, -0.2) is 4.98 Å². The van der Waals surface area contributed by atoms with E-state index in [1.807, 2.05) is 11.3 Å². The van der Waals surface area contributed by atoms with Gasteiger partial charge in [-0.3, -0.25) is 4.90 Å². The third-order valence-corrected chi connectivity index (χ3v) is 7.41. The predicted octanol–water partition coefficient (Wildman–Crippen LogP) is 3.27. The monoisotopic (exact) mass is 371 g/mol. The molecule has 0 saturated carbocycles. The van der Waals surface area contributed by atoms with Crippen LogP contribution in [0.2, 0.25) is 0 Å². The van der Waals surface area contributed by atoms with Crippen molar-refractivity contribution in [3.05, 3.63) is 51.0 Å². The zero-order valence-corrected chi connectivity index (χ0v) is 17.0. The van der Waals surface area contributed by atoms with Gasteiger partial charge in [-0.2, -0.15) is 0 Å². The highest BCUT2D eigenvalue weighted by molar-refractivity contribution is 7.11. The largest absolute Gasteiger partial charge is 0.390 e. The van der Waals surface area contributed by atoms with Crippen molar-refractivity contribution in [2.45, 2.75) is 50.8 Å². The first kappa shape index (κ1) is 18.1. The van der Waals surface area contributed by atoms with E-state index in [2.05, 4.69) is 67.0 Å². The number of nitrogens with zero attached hydrogens (tertiary/aromatic N) is 3. The summed E-state index contributed by atoms with van der Waals surface area (Å²) in [5, 5.41) is 12.5. The fraction of sp³-hybridized carbons (Fsp3) is 0.571. The molecule has 140 valence electrons. The fourth-order valence-electron chi connectivity index (χ4n) is 5.00. The standard InChI is InChI=1S/C21H29N3OS/c1-14-18(26-15(2)22-14)13-24-11-9-21(10-12-24)17-8-6-5-7-16(17)19(20(21)25)23(3)4/h5-8,19-20,25H,9-13H2,1-4H3/t19-,20+/m0/s1. The van der Waals surface area contributed by atoms with Gasteiger partial charge in [0.25, 0.3) is 0 Å². The normalized spacial score (nSPS) is 25.2. The number of hydrogen-bond acceptors (Lipinski definition) is 5. The molecule has 2 heterocycles. The van der Waals surface area contributed by atoms with E-state index in [9.17, 15) is 5.11 Å². The van der Waals surface area contributed by atoms with Crippen molar-refractivity contribution in [3.63, 3.8) is 0 Å². The number of benzene rings is 1. The fourth-order valence-corrected chi connectivity index (χ4v) is 5.98. The van der Waals surface area contributed by atoms with Gasteiger partial charge < -0.3 is 10.0 Å². The second-order valence-electron chi connectivity index (χ2n) is 8.11. The topological polar surface area (TPSA) is 39.6 Å². The third kappa shape index (κ3) is 2.82. The number of aryl methyl sites for hydroxylation is 2. The average molecular weight is 372 g/mol. The number of fused-ring (bicyclic) bond motifs is 2. The lowest BCUT2D eigenvalue weighted by molar-refractivity contribution is -0.00382. The Hall–Kier alpha value is -1.27. The summed E-state index contributed by atoms with van der Waals surface area (Å²) >= 11 is 1.82. The molecule has 1 aromatic heterocycles. The van der Waals surface area contributed by atoms with Gasteiger partial charge in [-0.15, -0.1) is 11.3 Å². The van der Waals surface area contributed by atoms with Crippen LogP contribution in [0.3, 0.4) is 0 Å². The average Bonchev–Trinajstić information content (AvgIpc) is 3.05. The molecule has 2 aromatic rings. The van der Waals surface area contributed by atoms with Crippen molar-refractivity contribution in [1.29, 1.82) is 0 Å². The Balaban J connectivity index is 1.55. The van der Waals surface area contributed by atoms with Crippen molar-refractivity contribution < 1.29 is 5.11 Å². The lowest BCUT2D eigenvalue weighted by atomic mass is 9.72. The molecule has 1 N–H and O–H groups in total. The maximum Gasteiger partial charge on any atom is 0.0900 e.